The number of carbonyl (C=O) groups is 1. The van der Waals surface area contributed by atoms with Crippen LogP contribution in [0.3, 0.4) is 0 Å². The predicted octanol–water partition coefficient (Wildman–Crippen LogP) is 3.83. The molecule has 1 aliphatic heterocycles. The summed E-state index contributed by atoms with van der Waals surface area (Å²) in [4.78, 5) is 28.8. The molecule has 0 bridgehead atoms. The molecule has 1 N–H and O–H groups in total. The van der Waals surface area contributed by atoms with Gasteiger partial charge >= 0.3 is 0 Å². The number of pyridine rings is 1. The third-order valence-corrected chi connectivity index (χ3v) is 5.70. The normalized spacial score (nSPS) is 14.2. The van der Waals surface area contributed by atoms with Crippen LogP contribution in [0.15, 0.2) is 30.6 Å². The lowest BCUT2D eigenvalue weighted by Gasteiger charge is -2.27. The number of rotatable bonds is 6. The van der Waals surface area contributed by atoms with Gasteiger partial charge in [-0.1, -0.05) is 31.3 Å². The zero-order valence-corrected chi connectivity index (χ0v) is 18.0. The highest BCUT2D eigenvalue weighted by Gasteiger charge is 2.21. The Hall–Kier alpha value is -2.94. The van der Waals surface area contributed by atoms with Crippen LogP contribution in [0.2, 0.25) is 0 Å². The zero-order chi connectivity index (χ0) is 20.9. The summed E-state index contributed by atoms with van der Waals surface area (Å²) in [5, 5.41) is 12.5. The van der Waals surface area contributed by atoms with Crippen molar-refractivity contribution >= 4 is 28.3 Å². The number of aromatic nitrogens is 5. The minimum absolute atomic E-state index is 0.312. The first-order chi connectivity index (χ1) is 14.6. The summed E-state index contributed by atoms with van der Waals surface area (Å²) >= 11 is 1.39. The van der Waals surface area contributed by atoms with E-state index < -0.39 is 0 Å². The molecule has 1 amide bonds. The van der Waals surface area contributed by atoms with Crippen LogP contribution in [0.25, 0.3) is 11.4 Å². The van der Waals surface area contributed by atoms with E-state index in [1.807, 2.05) is 18.2 Å². The molecule has 1 saturated heterocycles. The summed E-state index contributed by atoms with van der Waals surface area (Å²) in [5.74, 6) is 0.808. The zero-order valence-electron chi connectivity index (χ0n) is 17.2. The lowest BCUT2D eigenvalue weighted by atomic mass is 10.1. The number of amides is 1. The van der Waals surface area contributed by atoms with Crippen molar-refractivity contribution in [3.05, 3.63) is 41.2 Å². The largest absolute Gasteiger partial charge is 0.341 e. The van der Waals surface area contributed by atoms with E-state index in [1.165, 1.54) is 17.8 Å². The van der Waals surface area contributed by atoms with Crippen LogP contribution < -0.4 is 10.2 Å². The van der Waals surface area contributed by atoms with E-state index in [2.05, 4.69) is 44.2 Å². The van der Waals surface area contributed by atoms with E-state index in [4.69, 9.17) is 4.98 Å². The number of carbonyl (C=O) groups excluding carboxylic acids is 1. The van der Waals surface area contributed by atoms with E-state index in [-0.39, 0.29) is 5.91 Å². The number of piperidine rings is 1. The molecule has 4 heterocycles. The third kappa shape index (κ3) is 4.79. The molecule has 0 atom stereocenters. The second-order valence-electron chi connectivity index (χ2n) is 7.75. The summed E-state index contributed by atoms with van der Waals surface area (Å²) in [6, 6.07) is 5.58. The summed E-state index contributed by atoms with van der Waals surface area (Å²) in [7, 11) is 0. The van der Waals surface area contributed by atoms with Gasteiger partial charge in [0.2, 0.25) is 11.1 Å². The molecule has 9 heteroatoms. The molecule has 4 rings (SSSR count). The average Bonchev–Trinajstić information content (AvgIpc) is 3.20. The quantitative estimate of drug-likeness (QED) is 0.643. The van der Waals surface area contributed by atoms with Gasteiger partial charge in [-0.3, -0.25) is 15.1 Å². The number of nitrogens with zero attached hydrogens (tertiary/aromatic N) is 6. The molecule has 156 valence electrons. The first kappa shape index (κ1) is 20.3. The second-order valence-corrected chi connectivity index (χ2v) is 8.81. The molecule has 3 aromatic heterocycles. The van der Waals surface area contributed by atoms with Gasteiger partial charge in [0.1, 0.15) is 10.7 Å². The fraction of sp³-hybridized carbons (Fsp3) is 0.429. The Kier molecular flexibility index (Phi) is 6.27. The van der Waals surface area contributed by atoms with Crippen molar-refractivity contribution in [2.24, 2.45) is 5.92 Å². The first-order valence-corrected chi connectivity index (χ1v) is 11.1. The fourth-order valence-electron chi connectivity index (χ4n) is 3.38. The molecule has 0 saturated carbocycles. The van der Waals surface area contributed by atoms with Crippen LogP contribution in [-0.2, 0) is 6.42 Å². The Morgan fingerprint density at radius 2 is 2.00 bits per heavy atom. The maximum Gasteiger partial charge on any atom is 0.261 e. The van der Waals surface area contributed by atoms with Crippen LogP contribution in [0, 0.1) is 5.92 Å². The second kappa shape index (κ2) is 9.25. The summed E-state index contributed by atoms with van der Waals surface area (Å²) in [6.45, 7) is 6.10. The van der Waals surface area contributed by atoms with Crippen LogP contribution in [0.4, 0.5) is 11.1 Å². The van der Waals surface area contributed by atoms with Gasteiger partial charge in [0.15, 0.2) is 0 Å². The lowest BCUT2D eigenvalue weighted by molar-refractivity contribution is 0.102. The van der Waals surface area contributed by atoms with Crippen molar-refractivity contribution in [3.63, 3.8) is 0 Å². The average molecular weight is 424 g/mol. The van der Waals surface area contributed by atoms with Crippen molar-refractivity contribution in [1.82, 2.24) is 25.1 Å². The molecule has 30 heavy (non-hydrogen) atoms. The Morgan fingerprint density at radius 3 is 2.73 bits per heavy atom. The van der Waals surface area contributed by atoms with E-state index >= 15 is 0 Å². The van der Waals surface area contributed by atoms with E-state index in [0.29, 0.717) is 33.9 Å². The Labute approximate surface area is 179 Å². The molecule has 0 aliphatic carbocycles. The molecule has 0 aromatic carbocycles. The summed E-state index contributed by atoms with van der Waals surface area (Å²) in [6.07, 6.45) is 7.60. The maximum absolute atomic E-state index is 13.0. The van der Waals surface area contributed by atoms with Crippen LogP contribution in [0.5, 0.6) is 0 Å². The number of hydrogen-bond donors (Lipinski definition) is 1. The van der Waals surface area contributed by atoms with Gasteiger partial charge in [-0.25, -0.2) is 9.97 Å². The van der Waals surface area contributed by atoms with Crippen LogP contribution >= 0.6 is 11.3 Å². The topological polar surface area (TPSA) is 96.8 Å². The monoisotopic (exact) mass is 423 g/mol. The molecular formula is C21H25N7OS. The predicted molar refractivity (Wildman–Crippen MR) is 118 cm³/mol. The van der Waals surface area contributed by atoms with E-state index in [1.54, 1.807) is 12.4 Å². The molecule has 1 fully saturated rings. The van der Waals surface area contributed by atoms with Gasteiger partial charge in [-0.2, -0.15) is 0 Å². The highest BCUT2D eigenvalue weighted by atomic mass is 32.1. The van der Waals surface area contributed by atoms with Crippen molar-refractivity contribution in [3.8, 4) is 11.4 Å². The van der Waals surface area contributed by atoms with Crippen LogP contribution in [-0.4, -0.2) is 44.1 Å². The molecular weight excluding hydrogens is 398 g/mol. The first-order valence-electron chi connectivity index (χ1n) is 10.3. The van der Waals surface area contributed by atoms with E-state index in [9.17, 15) is 4.79 Å². The van der Waals surface area contributed by atoms with Crippen molar-refractivity contribution < 1.29 is 4.79 Å². The van der Waals surface area contributed by atoms with Crippen LogP contribution in [0.1, 0.15) is 48.5 Å². The molecule has 0 spiro atoms. The van der Waals surface area contributed by atoms with Gasteiger partial charge in [0, 0.05) is 31.9 Å². The summed E-state index contributed by atoms with van der Waals surface area (Å²) in [5.41, 5.74) is 1.53. The van der Waals surface area contributed by atoms with Gasteiger partial charge in [0.05, 0.1) is 11.3 Å². The SMILES string of the molecule is CC(C)Cc1nnc(NC(=O)c2cnc(N3CCCCC3)nc2-c2ccccn2)s1. The highest BCUT2D eigenvalue weighted by Crippen LogP contribution is 2.25. The van der Waals surface area contributed by atoms with Crippen molar-refractivity contribution in [2.45, 2.75) is 39.5 Å². The number of nitrogens with one attached hydrogen (secondary N) is 1. The Morgan fingerprint density at radius 1 is 1.17 bits per heavy atom. The van der Waals surface area contributed by atoms with Crippen molar-refractivity contribution in [1.29, 1.82) is 0 Å². The molecule has 8 nitrogen and oxygen atoms in total. The number of anilines is 2. The molecule has 0 unspecified atom stereocenters. The molecule has 1 aliphatic rings. The highest BCUT2D eigenvalue weighted by molar-refractivity contribution is 7.15. The molecule has 0 radical (unpaired) electrons. The van der Waals surface area contributed by atoms with E-state index in [0.717, 1.165) is 37.4 Å². The van der Waals surface area contributed by atoms with Crippen molar-refractivity contribution in [2.75, 3.05) is 23.3 Å². The minimum atomic E-state index is -0.312. The standard InChI is InChI=1S/C21H25N7OS/c1-14(2)12-17-26-27-21(30-17)25-19(29)15-13-23-20(28-10-6-3-7-11-28)24-18(15)16-8-4-5-9-22-16/h4-5,8-9,13-14H,3,6-7,10-12H2,1-2H3,(H,25,27,29). The minimum Gasteiger partial charge on any atom is -0.341 e. The fourth-order valence-corrected chi connectivity index (χ4v) is 4.33. The van der Waals surface area contributed by atoms with Gasteiger partial charge in [-0.05, 0) is 37.3 Å². The third-order valence-electron chi connectivity index (χ3n) is 4.84. The van der Waals surface area contributed by atoms with Gasteiger partial charge < -0.3 is 4.90 Å². The van der Waals surface area contributed by atoms with Gasteiger partial charge in [0.25, 0.3) is 5.91 Å². The number of hydrogen-bond acceptors (Lipinski definition) is 8. The van der Waals surface area contributed by atoms with Gasteiger partial charge in [-0.15, -0.1) is 10.2 Å². The lowest BCUT2D eigenvalue weighted by Crippen LogP contribution is -2.31. The molecule has 3 aromatic rings. The Bertz CT molecular complexity index is 1000. The smallest absolute Gasteiger partial charge is 0.261 e. The Balaban J connectivity index is 1.62. The summed E-state index contributed by atoms with van der Waals surface area (Å²) < 4.78 is 0. The maximum atomic E-state index is 13.0.